The van der Waals surface area contributed by atoms with Crippen molar-refractivity contribution in [1.29, 1.82) is 0 Å². The van der Waals surface area contributed by atoms with Crippen LogP contribution in [-0.4, -0.2) is 25.3 Å². The Morgan fingerprint density at radius 3 is 2.59 bits per heavy atom. The third kappa shape index (κ3) is 3.83. The van der Waals surface area contributed by atoms with Crippen LogP contribution < -0.4 is 0 Å². The van der Waals surface area contributed by atoms with Crippen LogP contribution in [0.2, 0.25) is 0 Å². The average Bonchev–Trinajstić information content (AvgIpc) is 2.53. The lowest BCUT2D eigenvalue weighted by atomic mass is 10.1. The number of aromatic hydroxyl groups is 1. The second-order valence-electron chi connectivity index (χ2n) is 4.35. The second-order valence-corrected chi connectivity index (χ2v) is 5.47. The molecule has 0 heterocycles. The summed E-state index contributed by atoms with van der Waals surface area (Å²) in [5.74, 6) is -0.270. The molecule has 0 aliphatic heterocycles. The van der Waals surface area contributed by atoms with Crippen molar-refractivity contribution in [2.45, 2.75) is 9.79 Å². The number of methoxy groups -OCH3 is 2. The van der Waals surface area contributed by atoms with Gasteiger partial charge in [0.15, 0.2) is 0 Å². The number of carbonyl (C=O) groups excluding carboxylic acids is 1. The SMILES string of the molecule is CO/C=C(\C(=O)OC)c1ccccc1Sc1cccc(O)c1. The molecule has 0 spiro atoms. The fourth-order valence-electron chi connectivity index (χ4n) is 1.90. The summed E-state index contributed by atoms with van der Waals surface area (Å²) in [6.45, 7) is 0. The number of ether oxygens (including phenoxy) is 2. The highest BCUT2D eigenvalue weighted by Crippen LogP contribution is 2.35. The first kappa shape index (κ1) is 16.0. The lowest BCUT2D eigenvalue weighted by molar-refractivity contribution is -0.133. The maximum atomic E-state index is 11.9. The van der Waals surface area contributed by atoms with Crippen molar-refractivity contribution in [3.05, 3.63) is 60.4 Å². The summed E-state index contributed by atoms with van der Waals surface area (Å²) in [7, 11) is 2.81. The number of carbonyl (C=O) groups is 1. The van der Waals surface area contributed by atoms with Gasteiger partial charge in [-0.3, -0.25) is 0 Å². The van der Waals surface area contributed by atoms with Gasteiger partial charge in [-0.2, -0.15) is 0 Å². The van der Waals surface area contributed by atoms with E-state index in [1.54, 1.807) is 18.2 Å². The molecule has 0 aliphatic carbocycles. The second kappa shape index (κ2) is 7.56. The van der Waals surface area contributed by atoms with Gasteiger partial charge in [0.2, 0.25) is 0 Å². The Balaban J connectivity index is 2.41. The minimum absolute atomic E-state index is 0.197. The summed E-state index contributed by atoms with van der Waals surface area (Å²) in [6, 6.07) is 14.4. The Kier molecular flexibility index (Phi) is 5.49. The van der Waals surface area contributed by atoms with E-state index >= 15 is 0 Å². The summed E-state index contributed by atoms with van der Waals surface area (Å²) >= 11 is 1.45. The number of rotatable bonds is 5. The van der Waals surface area contributed by atoms with Gasteiger partial charge in [0, 0.05) is 15.4 Å². The van der Waals surface area contributed by atoms with E-state index in [4.69, 9.17) is 9.47 Å². The van der Waals surface area contributed by atoms with Gasteiger partial charge < -0.3 is 14.6 Å². The predicted octanol–water partition coefficient (Wildman–Crippen LogP) is 3.70. The molecule has 2 aromatic rings. The van der Waals surface area contributed by atoms with E-state index in [0.717, 1.165) is 9.79 Å². The summed E-state index contributed by atoms with van der Waals surface area (Å²) in [4.78, 5) is 13.7. The maximum absolute atomic E-state index is 11.9. The first-order valence-corrected chi connectivity index (χ1v) is 7.35. The van der Waals surface area contributed by atoms with Gasteiger partial charge >= 0.3 is 5.97 Å². The summed E-state index contributed by atoms with van der Waals surface area (Å²) in [6.07, 6.45) is 1.37. The molecule has 0 saturated heterocycles. The largest absolute Gasteiger partial charge is 0.508 e. The lowest BCUT2D eigenvalue weighted by Gasteiger charge is -2.11. The Bertz CT molecular complexity index is 695. The molecule has 0 saturated carbocycles. The zero-order valence-corrected chi connectivity index (χ0v) is 13.1. The summed E-state index contributed by atoms with van der Waals surface area (Å²) in [5, 5.41) is 9.56. The van der Waals surface area contributed by atoms with Crippen LogP contribution in [0.3, 0.4) is 0 Å². The Labute approximate surface area is 133 Å². The van der Waals surface area contributed by atoms with Crippen molar-refractivity contribution in [2.75, 3.05) is 14.2 Å². The highest BCUT2D eigenvalue weighted by Gasteiger charge is 2.17. The molecule has 22 heavy (non-hydrogen) atoms. The van der Waals surface area contributed by atoms with E-state index in [9.17, 15) is 9.90 Å². The molecular weight excluding hydrogens is 300 g/mol. The van der Waals surface area contributed by atoms with Crippen molar-refractivity contribution in [3.8, 4) is 5.75 Å². The fourth-order valence-corrected chi connectivity index (χ4v) is 2.92. The van der Waals surface area contributed by atoms with Crippen molar-refractivity contribution in [3.63, 3.8) is 0 Å². The summed E-state index contributed by atoms with van der Waals surface area (Å²) in [5.41, 5.74) is 1.05. The van der Waals surface area contributed by atoms with Crippen molar-refractivity contribution in [1.82, 2.24) is 0 Å². The molecule has 5 heteroatoms. The number of phenols is 1. The number of hydrogen-bond donors (Lipinski definition) is 1. The molecule has 0 radical (unpaired) electrons. The van der Waals surface area contributed by atoms with E-state index in [0.29, 0.717) is 11.1 Å². The third-order valence-corrected chi connectivity index (χ3v) is 3.93. The highest BCUT2D eigenvalue weighted by atomic mass is 32.2. The molecule has 0 atom stereocenters. The van der Waals surface area contributed by atoms with Gasteiger partial charge in [-0.25, -0.2) is 4.79 Å². The molecular formula is C17H16O4S. The van der Waals surface area contributed by atoms with E-state index in [2.05, 4.69) is 0 Å². The monoisotopic (exact) mass is 316 g/mol. The van der Waals surface area contributed by atoms with Gasteiger partial charge in [0.25, 0.3) is 0 Å². The van der Waals surface area contributed by atoms with Crippen molar-refractivity contribution >= 4 is 23.3 Å². The van der Waals surface area contributed by atoms with Crippen molar-refractivity contribution < 1.29 is 19.4 Å². The molecule has 0 aromatic heterocycles. The zero-order valence-electron chi connectivity index (χ0n) is 12.3. The van der Waals surface area contributed by atoms with E-state index in [1.807, 2.05) is 30.3 Å². The average molecular weight is 316 g/mol. The van der Waals surface area contributed by atoms with Gasteiger partial charge in [0.1, 0.15) is 11.3 Å². The lowest BCUT2D eigenvalue weighted by Crippen LogP contribution is -2.05. The fraction of sp³-hybridized carbons (Fsp3) is 0.118. The normalized spacial score (nSPS) is 11.1. The Morgan fingerprint density at radius 2 is 1.91 bits per heavy atom. The minimum atomic E-state index is -0.467. The van der Waals surface area contributed by atoms with Crippen LogP contribution in [-0.2, 0) is 14.3 Å². The molecule has 1 N–H and O–H groups in total. The Morgan fingerprint density at radius 1 is 1.14 bits per heavy atom. The number of phenolic OH excluding ortho intramolecular Hbond substituents is 1. The van der Waals surface area contributed by atoms with Gasteiger partial charge in [-0.1, -0.05) is 36.0 Å². The van der Waals surface area contributed by atoms with Gasteiger partial charge in [-0.05, 0) is 24.3 Å². The number of benzene rings is 2. The van der Waals surface area contributed by atoms with Crippen LogP contribution in [0.1, 0.15) is 5.56 Å². The van der Waals surface area contributed by atoms with Crippen LogP contribution in [0.5, 0.6) is 5.75 Å². The van der Waals surface area contributed by atoms with E-state index < -0.39 is 5.97 Å². The first-order valence-electron chi connectivity index (χ1n) is 6.53. The molecule has 2 rings (SSSR count). The van der Waals surface area contributed by atoms with Crippen LogP contribution in [0.4, 0.5) is 0 Å². The third-order valence-electron chi connectivity index (χ3n) is 2.86. The van der Waals surface area contributed by atoms with Crippen molar-refractivity contribution in [2.24, 2.45) is 0 Å². The van der Waals surface area contributed by atoms with Gasteiger partial charge in [-0.15, -0.1) is 0 Å². The molecule has 2 aromatic carbocycles. The zero-order chi connectivity index (χ0) is 15.9. The molecule has 0 bridgehead atoms. The first-order chi connectivity index (χ1) is 10.7. The van der Waals surface area contributed by atoms with Crippen LogP contribution >= 0.6 is 11.8 Å². The van der Waals surface area contributed by atoms with Crippen LogP contribution in [0.15, 0.2) is 64.6 Å². The highest BCUT2D eigenvalue weighted by molar-refractivity contribution is 7.99. The standard InChI is InChI=1S/C17H16O4S/c1-20-11-15(17(19)21-2)14-8-3-4-9-16(14)22-13-7-5-6-12(18)10-13/h3-11,18H,1-2H3/b15-11-. The van der Waals surface area contributed by atoms with Crippen LogP contribution in [0, 0.1) is 0 Å². The predicted molar refractivity (Wildman–Crippen MR) is 85.7 cm³/mol. The molecule has 114 valence electrons. The summed E-state index contributed by atoms with van der Waals surface area (Å²) < 4.78 is 9.80. The minimum Gasteiger partial charge on any atom is -0.508 e. The van der Waals surface area contributed by atoms with Crippen LogP contribution in [0.25, 0.3) is 5.57 Å². The Hall–Kier alpha value is -2.40. The molecule has 0 unspecified atom stereocenters. The molecule has 0 aliphatic rings. The quantitative estimate of drug-likeness (QED) is 0.518. The molecule has 0 amide bonds. The molecule has 0 fully saturated rings. The van der Waals surface area contributed by atoms with E-state index in [1.165, 1.54) is 32.2 Å². The maximum Gasteiger partial charge on any atom is 0.341 e. The number of esters is 1. The van der Waals surface area contributed by atoms with E-state index in [-0.39, 0.29) is 5.75 Å². The van der Waals surface area contributed by atoms with Gasteiger partial charge in [0.05, 0.1) is 20.5 Å². The smallest absolute Gasteiger partial charge is 0.341 e. The molecule has 4 nitrogen and oxygen atoms in total. The topological polar surface area (TPSA) is 55.8 Å². The number of hydrogen-bond acceptors (Lipinski definition) is 5.